The van der Waals surface area contributed by atoms with Gasteiger partial charge < -0.3 is 4.74 Å². The summed E-state index contributed by atoms with van der Waals surface area (Å²) in [7, 11) is 1.25. The summed E-state index contributed by atoms with van der Waals surface area (Å²) < 4.78 is 38.7. The summed E-state index contributed by atoms with van der Waals surface area (Å²) in [6.07, 6.45) is -2.36. The number of allylic oxidation sites excluding steroid dienone is 2. The fourth-order valence-corrected chi connectivity index (χ4v) is 1.16. The maximum Gasteiger partial charge on any atom is 0.425 e. The van der Waals surface area contributed by atoms with Crippen molar-refractivity contribution in [2.45, 2.75) is 37.2 Å². The molecular formula is C11H15Cl2F3O2. The minimum atomic E-state index is -4.74. The van der Waals surface area contributed by atoms with Gasteiger partial charge in [-0.25, -0.2) is 0 Å². The van der Waals surface area contributed by atoms with Gasteiger partial charge in [0.1, 0.15) is 0 Å². The molecule has 7 heteroatoms. The average molecular weight is 307 g/mol. The molecule has 0 aromatic rings. The first kappa shape index (κ1) is 17.6. The van der Waals surface area contributed by atoms with Crippen LogP contribution in [0.25, 0.3) is 0 Å². The van der Waals surface area contributed by atoms with Crippen LogP contribution >= 0.6 is 23.2 Å². The van der Waals surface area contributed by atoms with Gasteiger partial charge in [-0.15, -0.1) is 0 Å². The summed E-state index contributed by atoms with van der Waals surface area (Å²) in [6, 6.07) is 0. The maximum atomic E-state index is 12.4. The lowest BCUT2D eigenvalue weighted by Crippen LogP contribution is -2.32. The Bertz CT molecular complexity index is 323. The summed E-state index contributed by atoms with van der Waals surface area (Å²) in [6.45, 7) is 3.35. The van der Waals surface area contributed by atoms with Crippen molar-refractivity contribution in [1.82, 2.24) is 0 Å². The van der Waals surface area contributed by atoms with E-state index in [9.17, 15) is 18.0 Å². The van der Waals surface area contributed by atoms with E-state index >= 15 is 0 Å². The molecule has 0 bridgehead atoms. The normalized spacial score (nSPS) is 14.0. The van der Waals surface area contributed by atoms with Crippen molar-refractivity contribution >= 4 is 29.2 Å². The van der Waals surface area contributed by atoms with Crippen LogP contribution in [0, 0.1) is 5.41 Å². The summed E-state index contributed by atoms with van der Waals surface area (Å²) in [5.74, 6) is -0.421. The Balaban J connectivity index is 4.62. The van der Waals surface area contributed by atoms with E-state index in [-0.39, 0.29) is 6.42 Å². The van der Waals surface area contributed by atoms with Gasteiger partial charge in [0.15, 0.2) is 0 Å². The first-order chi connectivity index (χ1) is 7.91. The van der Waals surface area contributed by atoms with Crippen LogP contribution in [0.15, 0.2) is 12.2 Å². The van der Waals surface area contributed by atoms with Crippen molar-refractivity contribution in [3.8, 4) is 0 Å². The topological polar surface area (TPSA) is 26.3 Å². The highest BCUT2D eigenvalue weighted by Gasteiger charge is 2.50. The molecule has 0 aliphatic rings. The van der Waals surface area contributed by atoms with E-state index in [0.717, 1.165) is 0 Å². The summed E-state index contributed by atoms with van der Waals surface area (Å²) in [5.41, 5.74) is -0.644. The zero-order chi connectivity index (χ0) is 14.6. The molecule has 0 aliphatic carbocycles. The first-order valence-electron chi connectivity index (χ1n) is 5.13. The van der Waals surface area contributed by atoms with Crippen LogP contribution in [0.4, 0.5) is 13.2 Å². The summed E-state index contributed by atoms with van der Waals surface area (Å²) in [5, 5.41) is 0. The van der Waals surface area contributed by atoms with Crippen LogP contribution in [0.3, 0.4) is 0 Å². The molecule has 0 aromatic carbocycles. The van der Waals surface area contributed by atoms with Crippen molar-refractivity contribution in [3.05, 3.63) is 12.2 Å². The number of carbonyl (C=O) groups excluding carboxylic acids is 1. The molecule has 0 heterocycles. The molecule has 0 saturated carbocycles. The van der Waals surface area contributed by atoms with Crippen LogP contribution in [0.2, 0.25) is 0 Å². The predicted octanol–water partition coefficient (Wildman–Crippen LogP) is 4.26. The number of esters is 1. The van der Waals surface area contributed by atoms with Gasteiger partial charge in [0.2, 0.25) is 4.33 Å². The molecule has 0 rings (SSSR count). The lowest BCUT2D eigenvalue weighted by Gasteiger charge is -2.23. The van der Waals surface area contributed by atoms with Crippen molar-refractivity contribution in [1.29, 1.82) is 0 Å². The number of halogens is 5. The van der Waals surface area contributed by atoms with Crippen LogP contribution in [-0.2, 0) is 9.53 Å². The number of ether oxygens (including phenoxy) is 1. The highest BCUT2D eigenvalue weighted by molar-refractivity contribution is 6.50. The minimum Gasteiger partial charge on any atom is -0.469 e. The van der Waals surface area contributed by atoms with E-state index in [0.29, 0.717) is 12.5 Å². The third-order valence-electron chi connectivity index (χ3n) is 2.32. The highest BCUT2D eigenvalue weighted by atomic mass is 35.5. The molecule has 0 atom stereocenters. The van der Waals surface area contributed by atoms with E-state index in [1.165, 1.54) is 13.2 Å². The fraction of sp³-hybridized carbons (Fsp3) is 0.727. The molecule has 0 aliphatic heterocycles. The van der Waals surface area contributed by atoms with Crippen molar-refractivity contribution in [2.75, 3.05) is 7.11 Å². The Morgan fingerprint density at radius 3 is 2.11 bits per heavy atom. The second-order valence-electron chi connectivity index (χ2n) is 4.52. The van der Waals surface area contributed by atoms with Crippen molar-refractivity contribution < 1.29 is 22.7 Å². The SMILES string of the molecule is COC(=O)CCC(C)(C)C=CC(Cl)(Cl)C(F)(F)F. The molecule has 2 nitrogen and oxygen atoms in total. The molecule has 106 valence electrons. The van der Waals surface area contributed by atoms with Gasteiger partial charge in [0, 0.05) is 6.42 Å². The van der Waals surface area contributed by atoms with E-state index in [4.69, 9.17) is 23.2 Å². The number of rotatable bonds is 5. The maximum absolute atomic E-state index is 12.4. The molecule has 0 aromatic heterocycles. The standard InChI is InChI=1S/C11H15Cl2F3O2/c1-9(2,5-4-8(17)18-3)6-7-10(12,13)11(14,15)16/h6-7H,4-5H2,1-3H3. The number of hydrogen-bond acceptors (Lipinski definition) is 2. The lowest BCUT2D eigenvalue weighted by atomic mass is 9.87. The van der Waals surface area contributed by atoms with E-state index in [1.807, 2.05) is 0 Å². The number of methoxy groups -OCH3 is 1. The van der Waals surface area contributed by atoms with Crippen LogP contribution in [0.1, 0.15) is 26.7 Å². The van der Waals surface area contributed by atoms with Crippen molar-refractivity contribution in [2.24, 2.45) is 5.41 Å². The van der Waals surface area contributed by atoms with Gasteiger partial charge in [-0.2, -0.15) is 13.2 Å². The van der Waals surface area contributed by atoms with Crippen LogP contribution < -0.4 is 0 Å². The Kier molecular flexibility index (Phi) is 6.01. The molecule has 0 spiro atoms. The zero-order valence-electron chi connectivity index (χ0n) is 10.3. The fourth-order valence-electron chi connectivity index (χ4n) is 1.03. The van der Waals surface area contributed by atoms with Gasteiger partial charge in [-0.1, -0.05) is 43.1 Å². The van der Waals surface area contributed by atoms with Gasteiger partial charge in [-0.05, 0) is 17.9 Å². The van der Waals surface area contributed by atoms with E-state index in [2.05, 4.69) is 4.74 Å². The quantitative estimate of drug-likeness (QED) is 0.431. The van der Waals surface area contributed by atoms with Crippen LogP contribution in [0.5, 0.6) is 0 Å². The Morgan fingerprint density at radius 1 is 1.22 bits per heavy atom. The smallest absolute Gasteiger partial charge is 0.425 e. The molecule has 0 radical (unpaired) electrons. The third-order valence-corrected chi connectivity index (χ3v) is 3.00. The summed E-state index contributed by atoms with van der Waals surface area (Å²) in [4.78, 5) is 10.9. The van der Waals surface area contributed by atoms with E-state index in [1.54, 1.807) is 13.8 Å². The Hall–Kier alpha value is -0.420. The minimum absolute atomic E-state index is 0.109. The summed E-state index contributed by atoms with van der Waals surface area (Å²) >= 11 is 10.3. The first-order valence-corrected chi connectivity index (χ1v) is 5.89. The highest BCUT2D eigenvalue weighted by Crippen LogP contribution is 2.42. The number of carbonyl (C=O) groups is 1. The largest absolute Gasteiger partial charge is 0.469 e. The Morgan fingerprint density at radius 2 is 1.72 bits per heavy atom. The average Bonchev–Trinajstić information content (AvgIpc) is 2.22. The van der Waals surface area contributed by atoms with Gasteiger partial charge in [-0.3, -0.25) is 4.79 Å². The Labute approximate surface area is 114 Å². The number of alkyl halides is 5. The molecule has 0 amide bonds. The molecule has 0 fully saturated rings. The molecular weight excluding hydrogens is 292 g/mol. The second kappa shape index (κ2) is 6.15. The van der Waals surface area contributed by atoms with Gasteiger partial charge in [0.05, 0.1) is 7.11 Å². The molecule has 0 unspecified atom stereocenters. The third kappa shape index (κ3) is 5.96. The zero-order valence-corrected chi connectivity index (χ0v) is 11.8. The van der Waals surface area contributed by atoms with Crippen LogP contribution in [-0.4, -0.2) is 23.6 Å². The molecule has 0 N–H and O–H groups in total. The molecule has 18 heavy (non-hydrogen) atoms. The molecule has 0 saturated heterocycles. The monoisotopic (exact) mass is 306 g/mol. The lowest BCUT2D eigenvalue weighted by molar-refractivity contribution is -0.141. The van der Waals surface area contributed by atoms with E-state index < -0.39 is 21.9 Å². The second-order valence-corrected chi connectivity index (χ2v) is 5.90. The predicted molar refractivity (Wildman–Crippen MR) is 64.7 cm³/mol. The van der Waals surface area contributed by atoms with Gasteiger partial charge in [0.25, 0.3) is 0 Å². The van der Waals surface area contributed by atoms with Gasteiger partial charge >= 0.3 is 12.1 Å². The number of hydrogen-bond donors (Lipinski definition) is 0. The van der Waals surface area contributed by atoms with Crippen molar-refractivity contribution in [3.63, 3.8) is 0 Å².